The number of carbonyl (C=O) groups is 1. The smallest absolute Gasteiger partial charge is 0.235 e. The van der Waals surface area contributed by atoms with Crippen molar-refractivity contribution in [2.24, 2.45) is 5.73 Å². The lowest BCUT2D eigenvalue weighted by Gasteiger charge is -2.08. The fourth-order valence-corrected chi connectivity index (χ4v) is 1.23. The van der Waals surface area contributed by atoms with Gasteiger partial charge in [-0.2, -0.15) is 0 Å². The van der Waals surface area contributed by atoms with Gasteiger partial charge in [-0.1, -0.05) is 0 Å². The summed E-state index contributed by atoms with van der Waals surface area (Å²) in [6.45, 7) is 2.88. The lowest BCUT2D eigenvalue weighted by Crippen LogP contribution is -2.42. The molecule has 3 N–H and O–H groups in total. The number of carbonyl (C=O) groups excluding carboxylic acids is 1. The highest BCUT2D eigenvalue weighted by atomic mass is 32.2. The summed E-state index contributed by atoms with van der Waals surface area (Å²) in [6.07, 6.45) is 0. The van der Waals surface area contributed by atoms with Gasteiger partial charge in [0, 0.05) is 0 Å². The second kappa shape index (κ2) is 3.68. The summed E-state index contributed by atoms with van der Waals surface area (Å²) in [5.41, 5.74) is 4.83. The van der Waals surface area contributed by atoms with Crippen molar-refractivity contribution < 1.29 is 13.2 Å². The Kier molecular flexibility index (Phi) is 3.47. The van der Waals surface area contributed by atoms with E-state index in [9.17, 15) is 13.2 Å². The van der Waals surface area contributed by atoms with Gasteiger partial charge in [-0.05, 0) is 13.8 Å². The molecule has 0 spiro atoms. The van der Waals surface area contributed by atoms with Crippen LogP contribution in [0.15, 0.2) is 0 Å². The first kappa shape index (κ1) is 10.4. The van der Waals surface area contributed by atoms with Gasteiger partial charge in [0.15, 0.2) is 0 Å². The van der Waals surface area contributed by atoms with E-state index in [1.54, 1.807) is 0 Å². The third-order valence-electron chi connectivity index (χ3n) is 1.16. The van der Waals surface area contributed by atoms with E-state index in [4.69, 9.17) is 5.73 Å². The zero-order chi connectivity index (χ0) is 9.07. The van der Waals surface area contributed by atoms with E-state index < -0.39 is 22.0 Å². The SMILES string of the molecule is CCS(=O)(=O)NC(C)C(N)=O. The number of hydrogen-bond donors (Lipinski definition) is 2. The molecule has 0 saturated carbocycles. The molecule has 6 heteroatoms. The quantitative estimate of drug-likeness (QED) is 0.569. The molecule has 66 valence electrons. The largest absolute Gasteiger partial charge is 0.368 e. The summed E-state index contributed by atoms with van der Waals surface area (Å²) in [5, 5.41) is 0. The first-order valence-electron chi connectivity index (χ1n) is 3.18. The normalized spacial score (nSPS) is 14.4. The van der Waals surface area contributed by atoms with Crippen LogP contribution in [0, 0.1) is 0 Å². The van der Waals surface area contributed by atoms with Crippen LogP contribution in [0.3, 0.4) is 0 Å². The van der Waals surface area contributed by atoms with Crippen LogP contribution in [0.5, 0.6) is 0 Å². The van der Waals surface area contributed by atoms with Crippen LogP contribution in [-0.2, 0) is 14.8 Å². The van der Waals surface area contributed by atoms with Crippen LogP contribution in [0.2, 0.25) is 0 Å². The van der Waals surface area contributed by atoms with Crippen molar-refractivity contribution in [3.8, 4) is 0 Å². The lowest BCUT2D eigenvalue weighted by atomic mass is 10.4. The third-order valence-corrected chi connectivity index (χ3v) is 2.64. The van der Waals surface area contributed by atoms with Crippen molar-refractivity contribution in [3.63, 3.8) is 0 Å². The molecule has 0 aliphatic rings. The first-order valence-corrected chi connectivity index (χ1v) is 4.83. The summed E-state index contributed by atoms with van der Waals surface area (Å²) < 4.78 is 23.7. The summed E-state index contributed by atoms with van der Waals surface area (Å²) in [4.78, 5) is 10.4. The Hall–Kier alpha value is -0.620. The Morgan fingerprint density at radius 1 is 1.64 bits per heavy atom. The highest BCUT2D eigenvalue weighted by Crippen LogP contribution is 1.87. The van der Waals surface area contributed by atoms with E-state index >= 15 is 0 Å². The molecule has 0 radical (unpaired) electrons. The van der Waals surface area contributed by atoms with Crippen molar-refractivity contribution in [1.29, 1.82) is 0 Å². The van der Waals surface area contributed by atoms with Gasteiger partial charge < -0.3 is 5.73 Å². The lowest BCUT2D eigenvalue weighted by molar-refractivity contribution is -0.119. The molecule has 0 heterocycles. The van der Waals surface area contributed by atoms with Crippen molar-refractivity contribution in [2.45, 2.75) is 19.9 Å². The Bertz CT molecular complexity index is 234. The fraction of sp³-hybridized carbons (Fsp3) is 0.800. The molecular weight excluding hydrogens is 168 g/mol. The predicted molar refractivity (Wildman–Crippen MR) is 41.3 cm³/mol. The van der Waals surface area contributed by atoms with Crippen molar-refractivity contribution >= 4 is 15.9 Å². The molecule has 1 amide bonds. The number of sulfonamides is 1. The van der Waals surface area contributed by atoms with Crippen LogP contribution in [0.25, 0.3) is 0 Å². The average Bonchev–Trinajstić information content (AvgIpc) is 1.87. The van der Waals surface area contributed by atoms with Crippen molar-refractivity contribution in [1.82, 2.24) is 4.72 Å². The minimum absolute atomic E-state index is 0.0510. The topological polar surface area (TPSA) is 89.3 Å². The van der Waals surface area contributed by atoms with Crippen LogP contribution < -0.4 is 10.5 Å². The summed E-state index contributed by atoms with van der Waals surface area (Å²) in [5.74, 6) is -0.730. The highest BCUT2D eigenvalue weighted by Gasteiger charge is 2.15. The zero-order valence-corrected chi connectivity index (χ0v) is 7.31. The number of primary amides is 1. The minimum Gasteiger partial charge on any atom is -0.368 e. The van der Waals surface area contributed by atoms with Gasteiger partial charge in [0.25, 0.3) is 0 Å². The molecule has 0 aliphatic carbocycles. The second-order valence-corrected chi connectivity index (χ2v) is 4.19. The maximum absolute atomic E-state index is 10.8. The predicted octanol–water partition coefficient (Wildman–Crippen LogP) is -1.20. The Labute approximate surface area is 66.0 Å². The van der Waals surface area contributed by atoms with E-state index in [2.05, 4.69) is 4.72 Å². The Balaban J connectivity index is 4.16. The average molecular weight is 180 g/mol. The molecule has 0 aliphatic heterocycles. The number of rotatable bonds is 4. The molecule has 1 unspecified atom stereocenters. The molecular formula is C5H12N2O3S. The van der Waals surface area contributed by atoms with Crippen LogP contribution in [0.1, 0.15) is 13.8 Å². The van der Waals surface area contributed by atoms with E-state index in [0.717, 1.165) is 0 Å². The molecule has 0 fully saturated rings. The molecule has 0 aromatic rings. The number of nitrogens with one attached hydrogen (secondary N) is 1. The molecule has 0 saturated heterocycles. The van der Waals surface area contributed by atoms with E-state index in [1.807, 2.05) is 0 Å². The molecule has 0 aromatic carbocycles. The van der Waals surface area contributed by atoms with E-state index in [-0.39, 0.29) is 5.75 Å². The summed E-state index contributed by atoms with van der Waals surface area (Å²) in [6, 6.07) is -0.833. The van der Waals surface area contributed by atoms with Gasteiger partial charge in [0.1, 0.15) is 0 Å². The molecule has 0 bridgehead atoms. The Morgan fingerprint density at radius 3 is 2.36 bits per heavy atom. The zero-order valence-electron chi connectivity index (χ0n) is 6.49. The molecule has 11 heavy (non-hydrogen) atoms. The van der Waals surface area contributed by atoms with Crippen molar-refractivity contribution in [2.75, 3.05) is 5.75 Å². The second-order valence-electron chi connectivity index (χ2n) is 2.15. The molecule has 5 nitrogen and oxygen atoms in total. The minimum atomic E-state index is -3.31. The number of amides is 1. The summed E-state index contributed by atoms with van der Waals surface area (Å²) in [7, 11) is -3.31. The van der Waals surface area contributed by atoms with E-state index in [0.29, 0.717) is 0 Å². The van der Waals surface area contributed by atoms with Gasteiger partial charge in [-0.15, -0.1) is 0 Å². The number of nitrogens with two attached hydrogens (primary N) is 1. The van der Waals surface area contributed by atoms with Gasteiger partial charge >= 0.3 is 0 Å². The maximum Gasteiger partial charge on any atom is 0.235 e. The standard InChI is InChI=1S/C5H12N2O3S/c1-3-11(9,10)7-4(2)5(6)8/h4,7H,3H2,1-2H3,(H2,6,8). The van der Waals surface area contributed by atoms with Crippen molar-refractivity contribution in [3.05, 3.63) is 0 Å². The van der Waals surface area contributed by atoms with Gasteiger partial charge in [-0.3, -0.25) is 4.79 Å². The first-order chi connectivity index (χ1) is 4.89. The number of hydrogen-bond acceptors (Lipinski definition) is 3. The molecule has 0 rings (SSSR count). The molecule has 1 atom stereocenters. The third kappa shape index (κ3) is 3.94. The van der Waals surface area contributed by atoms with Gasteiger partial charge in [0.05, 0.1) is 11.8 Å². The van der Waals surface area contributed by atoms with Gasteiger partial charge in [0.2, 0.25) is 15.9 Å². The Morgan fingerprint density at radius 2 is 2.09 bits per heavy atom. The monoisotopic (exact) mass is 180 g/mol. The van der Waals surface area contributed by atoms with E-state index in [1.165, 1.54) is 13.8 Å². The van der Waals surface area contributed by atoms with Gasteiger partial charge in [-0.25, -0.2) is 13.1 Å². The fourth-order valence-electron chi connectivity index (χ4n) is 0.411. The van der Waals surface area contributed by atoms with Crippen LogP contribution in [0.4, 0.5) is 0 Å². The van der Waals surface area contributed by atoms with Crippen LogP contribution in [-0.4, -0.2) is 26.1 Å². The maximum atomic E-state index is 10.8. The molecule has 0 aromatic heterocycles. The summed E-state index contributed by atoms with van der Waals surface area (Å²) >= 11 is 0. The van der Waals surface area contributed by atoms with Crippen LogP contribution >= 0.6 is 0 Å². The highest BCUT2D eigenvalue weighted by molar-refractivity contribution is 7.89.